The van der Waals surface area contributed by atoms with Crippen LogP contribution in [0, 0.1) is 5.92 Å². The second kappa shape index (κ2) is 3.55. The normalized spacial score (nSPS) is 25.4. The van der Waals surface area contributed by atoms with E-state index in [1.54, 1.807) is 0 Å². The van der Waals surface area contributed by atoms with E-state index in [0.29, 0.717) is 5.92 Å². The minimum atomic E-state index is -0.257. The smallest absolute Gasteiger partial charge is 0.167 e. The van der Waals surface area contributed by atoms with E-state index >= 15 is 0 Å². The Morgan fingerprint density at radius 2 is 1.64 bits per heavy atom. The van der Waals surface area contributed by atoms with Gasteiger partial charge in [-0.1, -0.05) is 20.8 Å². The van der Waals surface area contributed by atoms with Crippen molar-refractivity contribution in [1.29, 1.82) is 0 Å². The zero-order valence-electron chi connectivity index (χ0n) is 7.72. The van der Waals surface area contributed by atoms with Crippen LogP contribution >= 0.6 is 0 Å². The number of rotatable bonds is 2. The van der Waals surface area contributed by atoms with Crippen molar-refractivity contribution >= 4 is 0 Å². The Kier molecular flexibility index (Phi) is 2.90. The van der Waals surface area contributed by atoms with E-state index in [-0.39, 0.29) is 5.79 Å². The molecule has 0 unspecified atom stereocenters. The number of ether oxygens (including phenoxy) is 2. The van der Waals surface area contributed by atoms with Gasteiger partial charge in [-0.2, -0.15) is 0 Å². The molecule has 1 heterocycles. The fourth-order valence-corrected chi connectivity index (χ4v) is 1.34. The lowest BCUT2D eigenvalue weighted by atomic mass is 10.1. The average molecular weight is 158 g/mol. The molecule has 0 saturated carbocycles. The molecule has 0 spiro atoms. The zero-order chi connectivity index (χ0) is 8.32. The third-order valence-corrected chi connectivity index (χ3v) is 2.34. The predicted octanol–water partition coefficient (Wildman–Crippen LogP) is 2.19. The third kappa shape index (κ3) is 1.94. The molecule has 0 amide bonds. The molecule has 1 aliphatic rings. The Morgan fingerprint density at radius 3 is 2.00 bits per heavy atom. The summed E-state index contributed by atoms with van der Waals surface area (Å²) in [6, 6.07) is 0. The molecule has 11 heavy (non-hydrogen) atoms. The highest BCUT2D eigenvalue weighted by Gasteiger charge is 2.32. The van der Waals surface area contributed by atoms with Gasteiger partial charge in [0.2, 0.25) is 0 Å². The van der Waals surface area contributed by atoms with E-state index in [1.807, 2.05) is 0 Å². The first-order valence-electron chi connectivity index (χ1n) is 4.50. The molecule has 0 atom stereocenters. The summed E-state index contributed by atoms with van der Waals surface area (Å²) in [5, 5.41) is 0. The fourth-order valence-electron chi connectivity index (χ4n) is 1.34. The molecule has 2 heteroatoms. The first-order valence-corrected chi connectivity index (χ1v) is 4.50. The highest BCUT2D eigenvalue weighted by Crippen LogP contribution is 2.27. The molecule has 1 aliphatic heterocycles. The lowest BCUT2D eigenvalue weighted by Gasteiger charge is -2.38. The van der Waals surface area contributed by atoms with Crippen LogP contribution in [0.15, 0.2) is 0 Å². The quantitative estimate of drug-likeness (QED) is 0.613. The van der Waals surface area contributed by atoms with Crippen LogP contribution in [0.1, 0.15) is 33.6 Å². The SMILES string of the molecule is CCC1(CC)OCC(C)CO1. The molecule has 66 valence electrons. The van der Waals surface area contributed by atoms with Crippen LogP contribution in [-0.4, -0.2) is 19.0 Å². The van der Waals surface area contributed by atoms with Crippen LogP contribution in [-0.2, 0) is 9.47 Å². The van der Waals surface area contributed by atoms with Crippen LogP contribution in [0.3, 0.4) is 0 Å². The van der Waals surface area contributed by atoms with Crippen molar-refractivity contribution in [1.82, 2.24) is 0 Å². The van der Waals surface area contributed by atoms with E-state index < -0.39 is 0 Å². The van der Waals surface area contributed by atoms with Crippen molar-refractivity contribution in [3.05, 3.63) is 0 Å². The predicted molar refractivity (Wildman–Crippen MR) is 44.4 cm³/mol. The fraction of sp³-hybridized carbons (Fsp3) is 1.00. The van der Waals surface area contributed by atoms with Gasteiger partial charge in [-0.3, -0.25) is 0 Å². The van der Waals surface area contributed by atoms with Gasteiger partial charge in [0, 0.05) is 5.92 Å². The second-order valence-corrected chi connectivity index (χ2v) is 3.34. The largest absolute Gasteiger partial charge is 0.350 e. The standard InChI is InChI=1S/C9H18O2/c1-4-9(5-2)10-6-8(3)7-11-9/h8H,4-7H2,1-3H3. The lowest BCUT2D eigenvalue weighted by molar-refractivity contribution is -0.283. The Morgan fingerprint density at radius 1 is 1.18 bits per heavy atom. The molecule has 1 fully saturated rings. The molecule has 1 saturated heterocycles. The summed E-state index contributed by atoms with van der Waals surface area (Å²) in [7, 11) is 0. The van der Waals surface area contributed by atoms with Crippen molar-refractivity contribution in [2.75, 3.05) is 13.2 Å². The van der Waals surface area contributed by atoms with Gasteiger partial charge >= 0.3 is 0 Å². The first-order chi connectivity index (χ1) is 5.22. The number of hydrogen-bond donors (Lipinski definition) is 0. The van der Waals surface area contributed by atoms with Crippen molar-refractivity contribution in [3.63, 3.8) is 0 Å². The van der Waals surface area contributed by atoms with Crippen LogP contribution in [0.5, 0.6) is 0 Å². The molecular weight excluding hydrogens is 140 g/mol. The molecule has 0 aromatic carbocycles. The molecule has 0 N–H and O–H groups in total. The van der Waals surface area contributed by atoms with E-state index in [4.69, 9.17) is 9.47 Å². The minimum Gasteiger partial charge on any atom is -0.350 e. The summed E-state index contributed by atoms with van der Waals surface area (Å²) in [5.41, 5.74) is 0. The summed E-state index contributed by atoms with van der Waals surface area (Å²) in [5.74, 6) is 0.299. The van der Waals surface area contributed by atoms with Gasteiger partial charge in [-0.05, 0) is 12.8 Å². The third-order valence-electron chi connectivity index (χ3n) is 2.34. The van der Waals surface area contributed by atoms with Gasteiger partial charge in [0.15, 0.2) is 5.79 Å². The summed E-state index contributed by atoms with van der Waals surface area (Å²) in [4.78, 5) is 0. The van der Waals surface area contributed by atoms with Gasteiger partial charge < -0.3 is 9.47 Å². The van der Waals surface area contributed by atoms with Crippen LogP contribution in [0.4, 0.5) is 0 Å². The molecule has 0 bridgehead atoms. The summed E-state index contributed by atoms with van der Waals surface area (Å²) < 4.78 is 11.3. The van der Waals surface area contributed by atoms with Gasteiger partial charge in [-0.15, -0.1) is 0 Å². The van der Waals surface area contributed by atoms with E-state index in [1.165, 1.54) is 0 Å². The lowest BCUT2D eigenvalue weighted by Crippen LogP contribution is -2.42. The Labute approximate surface area is 68.9 Å². The second-order valence-electron chi connectivity index (χ2n) is 3.34. The Balaban J connectivity index is 2.45. The molecule has 1 rings (SSSR count). The number of hydrogen-bond acceptors (Lipinski definition) is 2. The Bertz CT molecular complexity index is 109. The van der Waals surface area contributed by atoms with Crippen molar-refractivity contribution < 1.29 is 9.47 Å². The molecule has 2 nitrogen and oxygen atoms in total. The van der Waals surface area contributed by atoms with Gasteiger partial charge in [0.1, 0.15) is 0 Å². The highest BCUT2D eigenvalue weighted by atomic mass is 16.7. The maximum atomic E-state index is 5.65. The minimum absolute atomic E-state index is 0.257. The highest BCUT2D eigenvalue weighted by molar-refractivity contribution is 4.71. The van der Waals surface area contributed by atoms with E-state index in [2.05, 4.69) is 20.8 Å². The average Bonchev–Trinajstić information content (AvgIpc) is 2.07. The van der Waals surface area contributed by atoms with Crippen LogP contribution in [0.25, 0.3) is 0 Å². The molecule has 0 aliphatic carbocycles. The first kappa shape index (κ1) is 9.01. The molecule has 0 aromatic rings. The maximum Gasteiger partial charge on any atom is 0.167 e. The van der Waals surface area contributed by atoms with Gasteiger partial charge in [-0.25, -0.2) is 0 Å². The summed E-state index contributed by atoms with van der Waals surface area (Å²) in [6.45, 7) is 8.07. The molecule has 0 aromatic heterocycles. The Hall–Kier alpha value is -0.0800. The maximum absolute atomic E-state index is 5.65. The monoisotopic (exact) mass is 158 g/mol. The summed E-state index contributed by atoms with van der Waals surface area (Å²) >= 11 is 0. The molecule has 0 radical (unpaired) electrons. The van der Waals surface area contributed by atoms with Crippen molar-refractivity contribution in [3.8, 4) is 0 Å². The molecular formula is C9H18O2. The zero-order valence-corrected chi connectivity index (χ0v) is 7.72. The van der Waals surface area contributed by atoms with Crippen molar-refractivity contribution in [2.24, 2.45) is 5.92 Å². The van der Waals surface area contributed by atoms with Crippen LogP contribution < -0.4 is 0 Å². The topological polar surface area (TPSA) is 18.5 Å². The van der Waals surface area contributed by atoms with E-state index in [0.717, 1.165) is 26.1 Å². The van der Waals surface area contributed by atoms with Crippen LogP contribution in [0.2, 0.25) is 0 Å². The van der Waals surface area contributed by atoms with Crippen molar-refractivity contribution in [2.45, 2.75) is 39.4 Å². The van der Waals surface area contributed by atoms with Gasteiger partial charge in [0.25, 0.3) is 0 Å². The van der Waals surface area contributed by atoms with E-state index in [9.17, 15) is 0 Å². The van der Waals surface area contributed by atoms with Gasteiger partial charge in [0.05, 0.1) is 13.2 Å². The summed E-state index contributed by atoms with van der Waals surface area (Å²) in [6.07, 6.45) is 1.91.